The van der Waals surface area contributed by atoms with Gasteiger partial charge in [0.25, 0.3) is 0 Å². The number of allylic oxidation sites excluding steroid dienone is 1. The number of carbonyl (C=O) groups is 1. The van der Waals surface area contributed by atoms with Gasteiger partial charge in [-0.05, 0) is 25.0 Å². The molecule has 0 radical (unpaired) electrons. The average Bonchev–Trinajstić information content (AvgIpc) is 2.83. The Balaban J connectivity index is 2.23. The van der Waals surface area contributed by atoms with Gasteiger partial charge in [-0.2, -0.15) is 0 Å². The van der Waals surface area contributed by atoms with E-state index in [9.17, 15) is 4.79 Å². The molecule has 1 aromatic rings. The number of nitrogens with zero attached hydrogens (tertiary/aromatic N) is 2. The third-order valence-corrected chi connectivity index (χ3v) is 1.98. The second-order valence-electron chi connectivity index (χ2n) is 2.95. The van der Waals surface area contributed by atoms with E-state index in [0.29, 0.717) is 6.04 Å². The molecule has 0 aliphatic heterocycles. The Morgan fingerprint density at radius 1 is 1.58 bits per heavy atom. The molecular formula is C9H10N2O. The van der Waals surface area contributed by atoms with Crippen LogP contribution in [0.4, 0.5) is 0 Å². The third kappa shape index (κ3) is 1.30. The van der Waals surface area contributed by atoms with Gasteiger partial charge in [-0.1, -0.05) is 0 Å². The van der Waals surface area contributed by atoms with E-state index in [1.54, 1.807) is 12.3 Å². The molecule has 1 aliphatic carbocycles. The number of hydrogen-bond acceptors (Lipinski definition) is 2. The molecule has 0 amide bonds. The minimum absolute atomic E-state index is 0.624. The van der Waals surface area contributed by atoms with Gasteiger partial charge < -0.3 is 4.57 Å². The fourth-order valence-corrected chi connectivity index (χ4v) is 1.24. The largest absolute Gasteiger partial charge is 0.328 e. The second-order valence-corrected chi connectivity index (χ2v) is 2.95. The van der Waals surface area contributed by atoms with Crippen LogP contribution in [0.15, 0.2) is 18.6 Å². The van der Waals surface area contributed by atoms with Crippen LogP contribution in [0.1, 0.15) is 24.6 Å². The zero-order valence-corrected chi connectivity index (χ0v) is 6.68. The van der Waals surface area contributed by atoms with Gasteiger partial charge >= 0.3 is 0 Å². The summed E-state index contributed by atoms with van der Waals surface area (Å²) in [6.07, 6.45) is 10.1. The number of aldehydes is 1. The summed E-state index contributed by atoms with van der Waals surface area (Å²) in [5.74, 6) is 0. The topological polar surface area (TPSA) is 34.9 Å². The van der Waals surface area contributed by atoms with Crippen LogP contribution < -0.4 is 0 Å². The van der Waals surface area contributed by atoms with Crippen molar-refractivity contribution in [1.82, 2.24) is 9.55 Å². The van der Waals surface area contributed by atoms with Crippen LogP contribution in [0.25, 0.3) is 6.08 Å². The summed E-state index contributed by atoms with van der Waals surface area (Å²) in [6, 6.07) is 0.624. The summed E-state index contributed by atoms with van der Waals surface area (Å²) in [6.45, 7) is 0. The molecule has 1 saturated carbocycles. The Morgan fingerprint density at radius 2 is 2.42 bits per heavy atom. The first kappa shape index (κ1) is 7.28. The molecule has 0 atom stereocenters. The van der Waals surface area contributed by atoms with E-state index in [-0.39, 0.29) is 0 Å². The molecule has 3 nitrogen and oxygen atoms in total. The summed E-state index contributed by atoms with van der Waals surface area (Å²) in [7, 11) is 0. The van der Waals surface area contributed by atoms with Crippen LogP contribution in [0.3, 0.4) is 0 Å². The standard InChI is InChI=1S/C9H10N2O/c12-5-1-2-9-6-10-7-11(9)8-3-4-8/h1-2,5-8H,3-4H2. The molecule has 0 bridgehead atoms. The highest BCUT2D eigenvalue weighted by atomic mass is 16.1. The van der Waals surface area contributed by atoms with E-state index < -0.39 is 0 Å². The molecule has 1 aliphatic rings. The van der Waals surface area contributed by atoms with Crippen LogP contribution >= 0.6 is 0 Å². The van der Waals surface area contributed by atoms with E-state index in [0.717, 1.165) is 12.0 Å². The maximum Gasteiger partial charge on any atom is 0.142 e. The molecule has 0 spiro atoms. The smallest absolute Gasteiger partial charge is 0.142 e. The molecule has 0 aromatic carbocycles. The first-order valence-electron chi connectivity index (χ1n) is 4.05. The Morgan fingerprint density at radius 3 is 3.08 bits per heavy atom. The van der Waals surface area contributed by atoms with Crippen molar-refractivity contribution < 1.29 is 4.79 Å². The van der Waals surface area contributed by atoms with E-state index >= 15 is 0 Å². The normalized spacial score (nSPS) is 17.0. The molecule has 1 fully saturated rings. The van der Waals surface area contributed by atoms with Crippen molar-refractivity contribution >= 4 is 12.4 Å². The lowest BCUT2D eigenvalue weighted by Gasteiger charge is -1.99. The van der Waals surface area contributed by atoms with Gasteiger partial charge in [-0.25, -0.2) is 4.98 Å². The van der Waals surface area contributed by atoms with E-state index in [1.807, 2.05) is 6.33 Å². The van der Waals surface area contributed by atoms with Gasteiger partial charge in [0.1, 0.15) is 6.29 Å². The lowest BCUT2D eigenvalue weighted by molar-refractivity contribution is -0.104. The Bertz CT molecular complexity index is 310. The molecular weight excluding hydrogens is 152 g/mol. The Labute approximate surface area is 70.7 Å². The molecule has 62 valence electrons. The Hall–Kier alpha value is -1.38. The first-order valence-corrected chi connectivity index (χ1v) is 4.05. The summed E-state index contributed by atoms with van der Waals surface area (Å²) in [5, 5.41) is 0. The summed E-state index contributed by atoms with van der Waals surface area (Å²) >= 11 is 0. The third-order valence-electron chi connectivity index (χ3n) is 1.98. The number of imidazole rings is 1. The van der Waals surface area contributed by atoms with Crippen molar-refractivity contribution in [3.63, 3.8) is 0 Å². The Kier molecular flexibility index (Phi) is 1.78. The summed E-state index contributed by atoms with van der Waals surface area (Å²) in [4.78, 5) is 14.1. The number of carbonyl (C=O) groups excluding carboxylic acids is 1. The maximum absolute atomic E-state index is 10.1. The SMILES string of the molecule is O=CC=Cc1cncn1C1CC1. The van der Waals surface area contributed by atoms with E-state index in [1.165, 1.54) is 18.9 Å². The predicted molar refractivity (Wildman–Crippen MR) is 45.6 cm³/mol. The summed E-state index contributed by atoms with van der Waals surface area (Å²) < 4.78 is 2.11. The van der Waals surface area contributed by atoms with Crippen LogP contribution in [0.5, 0.6) is 0 Å². The average molecular weight is 162 g/mol. The molecule has 0 unspecified atom stereocenters. The van der Waals surface area contributed by atoms with Crippen molar-refractivity contribution in [2.75, 3.05) is 0 Å². The molecule has 0 saturated heterocycles. The van der Waals surface area contributed by atoms with Crippen LogP contribution in [-0.2, 0) is 4.79 Å². The molecule has 0 N–H and O–H groups in total. The van der Waals surface area contributed by atoms with Gasteiger partial charge in [0.2, 0.25) is 0 Å². The van der Waals surface area contributed by atoms with E-state index in [2.05, 4.69) is 9.55 Å². The molecule has 3 heteroatoms. The monoisotopic (exact) mass is 162 g/mol. The zero-order chi connectivity index (χ0) is 8.39. The van der Waals surface area contributed by atoms with E-state index in [4.69, 9.17) is 0 Å². The highest BCUT2D eigenvalue weighted by Crippen LogP contribution is 2.35. The zero-order valence-electron chi connectivity index (χ0n) is 6.68. The molecule has 1 heterocycles. The number of rotatable bonds is 3. The van der Waals surface area contributed by atoms with Gasteiger partial charge in [-0.3, -0.25) is 4.79 Å². The molecule has 2 rings (SSSR count). The van der Waals surface area contributed by atoms with Crippen LogP contribution in [-0.4, -0.2) is 15.8 Å². The number of hydrogen-bond donors (Lipinski definition) is 0. The fraction of sp³-hybridized carbons (Fsp3) is 0.333. The number of aromatic nitrogens is 2. The van der Waals surface area contributed by atoms with Crippen LogP contribution in [0, 0.1) is 0 Å². The van der Waals surface area contributed by atoms with Gasteiger partial charge in [0, 0.05) is 6.04 Å². The van der Waals surface area contributed by atoms with Crippen LogP contribution in [0.2, 0.25) is 0 Å². The molecule has 1 aromatic heterocycles. The van der Waals surface area contributed by atoms with Crippen molar-refractivity contribution in [3.8, 4) is 0 Å². The first-order chi connectivity index (χ1) is 5.92. The lowest BCUT2D eigenvalue weighted by atomic mass is 10.4. The highest BCUT2D eigenvalue weighted by Gasteiger charge is 2.24. The molecule has 12 heavy (non-hydrogen) atoms. The van der Waals surface area contributed by atoms with Crippen molar-refractivity contribution in [1.29, 1.82) is 0 Å². The van der Waals surface area contributed by atoms with Gasteiger partial charge in [0.05, 0.1) is 18.2 Å². The van der Waals surface area contributed by atoms with Crippen molar-refractivity contribution in [2.24, 2.45) is 0 Å². The summed E-state index contributed by atoms with van der Waals surface area (Å²) in [5.41, 5.74) is 1.02. The van der Waals surface area contributed by atoms with Gasteiger partial charge in [0.15, 0.2) is 0 Å². The predicted octanol–water partition coefficient (Wildman–Crippen LogP) is 1.43. The highest BCUT2D eigenvalue weighted by molar-refractivity contribution is 5.72. The van der Waals surface area contributed by atoms with Crippen molar-refractivity contribution in [3.05, 3.63) is 24.3 Å². The minimum Gasteiger partial charge on any atom is -0.328 e. The lowest BCUT2D eigenvalue weighted by Crippen LogP contribution is -1.93. The quantitative estimate of drug-likeness (QED) is 0.497. The van der Waals surface area contributed by atoms with Crippen molar-refractivity contribution in [2.45, 2.75) is 18.9 Å². The fourth-order valence-electron chi connectivity index (χ4n) is 1.24. The minimum atomic E-state index is 0.624. The second kappa shape index (κ2) is 2.93. The maximum atomic E-state index is 10.1. The van der Waals surface area contributed by atoms with Gasteiger partial charge in [-0.15, -0.1) is 0 Å².